The number of nitrogens with zero attached hydrogens (tertiary/aromatic N) is 2. The van der Waals surface area contributed by atoms with E-state index in [1.807, 2.05) is 19.1 Å². The second-order valence-corrected chi connectivity index (χ2v) is 3.55. The second kappa shape index (κ2) is 5.46. The molecule has 82 valence electrons. The zero-order chi connectivity index (χ0) is 11.3. The standard InChI is InChI=1S/C11H18N4/c1-3-15(9(2)11(12)13)8-10-4-6-14-7-5-10/h4-7,9H,3,8H2,1-2H3,(H3,12,13). The number of hydrogen-bond acceptors (Lipinski definition) is 3. The third-order valence-corrected chi connectivity index (χ3v) is 2.54. The molecule has 1 rings (SSSR count). The van der Waals surface area contributed by atoms with Gasteiger partial charge in [-0.05, 0) is 31.2 Å². The number of rotatable bonds is 5. The topological polar surface area (TPSA) is 66.0 Å². The van der Waals surface area contributed by atoms with Crippen molar-refractivity contribution in [2.45, 2.75) is 26.4 Å². The Kier molecular flexibility index (Phi) is 4.24. The molecule has 0 spiro atoms. The van der Waals surface area contributed by atoms with Gasteiger partial charge in [-0.15, -0.1) is 0 Å². The molecule has 0 saturated heterocycles. The molecule has 1 aromatic heterocycles. The summed E-state index contributed by atoms with van der Waals surface area (Å²) < 4.78 is 0. The van der Waals surface area contributed by atoms with E-state index < -0.39 is 0 Å². The van der Waals surface area contributed by atoms with Gasteiger partial charge in [0.1, 0.15) is 5.84 Å². The lowest BCUT2D eigenvalue weighted by Gasteiger charge is -2.26. The van der Waals surface area contributed by atoms with Crippen molar-refractivity contribution in [1.29, 1.82) is 5.41 Å². The van der Waals surface area contributed by atoms with Crippen LogP contribution in [-0.4, -0.2) is 28.3 Å². The summed E-state index contributed by atoms with van der Waals surface area (Å²) in [5.41, 5.74) is 6.69. The predicted octanol–water partition coefficient (Wildman–Crippen LogP) is 1.23. The van der Waals surface area contributed by atoms with Crippen LogP contribution in [0.4, 0.5) is 0 Å². The van der Waals surface area contributed by atoms with Crippen LogP contribution >= 0.6 is 0 Å². The number of amidine groups is 1. The Morgan fingerprint density at radius 3 is 2.60 bits per heavy atom. The highest BCUT2D eigenvalue weighted by Crippen LogP contribution is 2.06. The van der Waals surface area contributed by atoms with Gasteiger partial charge in [0.15, 0.2) is 0 Å². The third kappa shape index (κ3) is 3.32. The molecule has 4 heteroatoms. The fraction of sp³-hybridized carbons (Fsp3) is 0.455. The van der Waals surface area contributed by atoms with Crippen LogP contribution in [0, 0.1) is 5.41 Å². The quantitative estimate of drug-likeness (QED) is 0.562. The van der Waals surface area contributed by atoms with Crippen molar-refractivity contribution in [3.8, 4) is 0 Å². The molecule has 1 atom stereocenters. The van der Waals surface area contributed by atoms with Crippen molar-refractivity contribution in [2.24, 2.45) is 5.73 Å². The maximum atomic E-state index is 7.42. The Morgan fingerprint density at radius 1 is 1.53 bits per heavy atom. The first-order chi connectivity index (χ1) is 7.15. The van der Waals surface area contributed by atoms with Gasteiger partial charge in [-0.3, -0.25) is 15.3 Å². The van der Waals surface area contributed by atoms with Crippen LogP contribution < -0.4 is 5.73 Å². The van der Waals surface area contributed by atoms with E-state index in [0.29, 0.717) is 0 Å². The van der Waals surface area contributed by atoms with Crippen molar-refractivity contribution in [3.63, 3.8) is 0 Å². The molecule has 4 nitrogen and oxygen atoms in total. The normalized spacial score (nSPS) is 12.7. The summed E-state index contributed by atoms with van der Waals surface area (Å²) in [6.45, 7) is 5.70. The van der Waals surface area contributed by atoms with Gasteiger partial charge >= 0.3 is 0 Å². The molecule has 0 aliphatic carbocycles. The number of aromatic nitrogens is 1. The van der Waals surface area contributed by atoms with Crippen molar-refractivity contribution >= 4 is 5.84 Å². The first kappa shape index (κ1) is 11.7. The summed E-state index contributed by atoms with van der Waals surface area (Å²) in [5.74, 6) is 0.214. The molecule has 0 aliphatic rings. The van der Waals surface area contributed by atoms with Gasteiger partial charge in [0.25, 0.3) is 0 Å². The summed E-state index contributed by atoms with van der Waals surface area (Å²) in [4.78, 5) is 6.12. The molecule has 0 amide bonds. The molecule has 1 aromatic rings. The largest absolute Gasteiger partial charge is 0.386 e. The van der Waals surface area contributed by atoms with Gasteiger partial charge in [-0.2, -0.15) is 0 Å². The number of pyridine rings is 1. The van der Waals surface area contributed by atoms with Gasteiger partial charge in [-0.25, -0.2) is 0 Å². The van der Waals surface area contributed by atoms with Gasteiger partial charge in [-0.1, -0.05) is 6.92 Å². The summed E-state index contributed by atoms with van der Waals surface area (Å²) in [7, 11) is 0. The molecular formula is C11H18N4. The van der Waals surface area contributed by atoms with Crippen LogP contribution in [-0.2, 0) is 6.54 Å². The minimum Gasteiger partial charge on any atom is -0.386 e. The van der Waals surface area contributed by atoms with Crippen molar-refractivity contribution in [2.75, 3.05) is 6.54 Å². The molecule has 0 radical (unpaired) electrons. The number of nitrogens with one attached hydrogen (secondary N) is 1. The first-order valence-electron chi connectivity index (χ1n) is 5.12. The lowest BCUT2D eigenvalue weighted by Crippen LogP contribution is -2.41. The molecule has 3 N–H and O–H groups in total. The molecular weight excluding hydrogens is 188 g/mol. The minimum atomic E-state index is -0.0110. The molecule has 0 fully saturated rings. The Hall–Kier alpha value is -1.42. The average molecular weight is 206 g/mol. The van der Waals surface area contributed by atoms with Crippen LogP contribution in [0.15, 0.2) is 24.5 Å². The average Bonchev–Trinajstić information content (AvgIpc) is 2.26. The van der Waals surface area contributed by atoms with E-state index in [4.69, 9.17) is 11.1 Å². The zero-order valence-electron chi connectivity index (χ0n) is 9.27. The van der Waals surface area contributed by atoms with E-state index in [2.05, 4.69) is 16.8 Å². The second-order valence-electron chi connectivity index (χ2n) is 3.55. The number of likely N-dealkylation sites (N-methyl/N-ethyl adjacent to an activating group) is 1. The predicted molar refractivity (Wildman–Crippen MR) is 61.7 cm³/mol. The summed E-state index contributed by atoms with van der Waals surface area (Å²) in [5, 5.41) is 7.42. The summed E-state index contributed by atoms with van der Waals surface area (Å²) >= 11 is 0. The highest BCUT2D eigenvalue weighted by molar-refractivity contribution is 5.82. The molecule has 1 unspecified atom stereocenters. The van der Waals surface area contributed by atoms with Crippen LogP contribution in [0.25, 0.3) is 0 Å². The van der Waals surface area contributed by atoms with Gasteiger partial charge < -0.3 is 5.73 Å². The number of nitrogens with two attached hydrogens (primary N) is 1. The van der Waals surface area contributed by atoms with Crippen LogP contribution in [0.2, 0.25) is 0 Å². The van der Waals surface area contributed by atoms with E-state index in [1.165, 1.54) is 5.56 Å². The Balaban J connectivity index is 2.66. The van der Waals surface area contributed by atoms with Crippen LogP contribution in [0.3, 0.4) is 0 Å². The van der Waals surface area contributed by atoms with E-state index in [0.717, 1.165) is 13.1 Å². The van der Waals surface area contributed by atoms with E-state index in [-0.39, 0.29) is 11.9 Å². The minimum absolute atomic E-state index is 0.0110. The molecule has 0 bridgehead atoms. The molecule has 0 saturated carbocycles. The smallest absolute Gasteiger partial charge is 0.108 e. The first-order valence-corrected chi connectivity index (χ1v) is 5.12. The van der Waals surface area contributed by atoms with Gasteiger partial charge in [0, 0.05) is 18.9 Å². The van der Waals surface area contributed by atoms with Crippen molar-refractivity contribution in [3.05, 3.63) is 30.1 Å². The summed E-state index contributed by atoms with van der Waals surface area (Å²) in [6.07, 6.45) is 3.56. The van der Waals surface area contributed by atoms with Crippen LogP contribution in [0.1, 0.15) is 19.4 Å². The lowest BCUT2D eigenvalue weighted by molar-refractivity contribution is 0.256. The van der Waals surface area contributed by atoms with E-state index in [1.54, 1.807) is 12.4 Å². The van der Waals surface area contributed by atoms with Gasteiger partial charge in [0.2, 0.25) is 0 Å². The van der Waals surface area contributed by atoms with E-state index in [9.17, 15) is 0 Å². The molecule has 0 aromatic carbocycles. The van der Waals surface area contributed by atoms with Crippen molar-refractivity contribution < 1.29 is 0 Å². The Bertz CT molecular complexity index is 310. The van der Waals surface area contributed by atoms with Gasteiger partial charge in [0.05, 0.1) is 6.04 Å². The Morgan fingerprint density at radius 2 is 2.13 bits per heavy atom. The number of hydrogen-bond donors (Lipinski definition) is 2. The SMILES string of the molecule is CCN(Cc1ccncc1)C(C)C(=N)N. The monoisotopic (exact) mass is 206 g/mol. The fourth-order valence-corrected chi connectivity index (χ4v) is 1.44. The summed E-state index contributed by atoms with van der Waals surface area (Å²) in [6, 6.07) is 3.95. The lowest BCUT2D eigenvalue weighted by atomic mass is 10.2. The maximum absolute atomic E-state index is 7.42. The third-order valence-electron chi connectivity index (χ3n) is 2.54. The van der Waals surface area contributed by atoms with Crippen molar-refractivity contribution in [1.82, 2.24) is 9.88 Å². The molecule has 0 aliphatic heterocycles. The van der Waals surface area contributed by atoms with Crippen LogP contribution in [0.5, 0.6) is 0 Å². The Labute approximate surface area is 90.6 Å². The highest BCUT2D eigenvalue weighted by Gasteiger charge is 2.14. The zero-order valence-corrected chi connectivity index (χ0v) is 9.27. The maximum Gasteiger partial charge on any atom is 0.108 e. The van der Waals surface area contributed by atoms with E-state index >= 15 is 0 Å². The molecule has 1 heterocycles. The fourth-order valence-electron chi connectivity index (χ4n) is 1.44. The molecule has 15 heavy (non-hydrogen) atoms. The highest BCUT2D eigenvalue weighted by atomic mass is 15.2.